The summed E-state index contributed by atoms with van der Waals surface area (Å²) in [5.41, 5.74) is 0.173. The molecule has 106 valence electrons. The molecule has 0 aromatic carbocycles. The van der Waals surface area contributed by atoms with E-state index in [1.54, 1.807) is 0 Å². The number of nitrogens with one attached hydrogen (secondary N) is 1. The fourth-order valence-corrected chi connectivity index (χ4v) is 2.71. The summed E-state index contributed by atoms with van der Waals surface area (Å²) in [5.74, 6) is 0.463. The Hall–Kier alpha value is -1.14. The number of nitrogens with zero attached hydrogens (tertiary/aromatic N) is 4. The SMILES string of the molecule is COc1nc(Cl)nc(NCC2(N(C)C)CCCC2)n1. The number of hydrogen-bond acceptors (Lipinski definition) is 6. The molecule has 0 saturated heterocycles. The van der Waals surface area contributed by atoms with E-state index in [1.165, 1.54) is 32.8 Å². The highest BCUT2D eigenvalue weighted by molar-refractivity contribution is 6.28. The third-order valence-corrected chi connectivity index (χ3v) is 4.00. The van der Waals surface area contributed by atoms with Crippen LogP contribution in [0.25, 0.3) is 0 Å². The van der Waals surface area contributed by atoms with Crippen molar-refractivity contribution in [2.24, 2.45) is 0 Å². The smallest absolute Gasteiger partial charge is 0.322 e. The average Bonchev–Trinajstić information content (AvgIpc) is 2.86. The van der Waals surface area contributed by atoms with Gasteiger partial charge >= 0.3 is 6.01 Å². The van der Waals surface area contributed by atoms with E-state index in [4.69, 9.17) is 16.3 Å². The molecule has 1 aliphatic carbocycles. The molecule has 0 spiro atoms. The van der Waals surface area contributed by atoms with Crippen molar-refractivity contribution in [3.05, 3.63) is 5.28 Å². The minimum atomic E-state index is 0.139. The molecule has 1 aromatic heterocycles. The summed E-state index contributed by atoms with van der Waals surface area (Å²) in [6, 6.07) is 0.229. The Balaban J connectivity index is 2.07. The number of halogens is 1. The van der Waals surface area contributed by atoms with Crippen LogP contribution in [0.3, 0.4) is 0 Å². The lowest BCUT2D eigenvalue weighted by molar-refractivity contribution is 0.172. The van der Waals surface area contributed by atoms with Crippen LogP contribution >= 0.6 is 11.6 Å². The van der Waals surface area contributed by atoms with Gasteiger partial charge in [0, 0.05) is 12.1 Å². The number of hydrogen-bond donors (Lipinski definition) is 1. The van der Waals surface area contributed by atoms with Gasteiger partial charge in [0.25, 0.3) is 0 Å². The summed E-state index contributed by atoms with van der Waals surface area (Å²) in [7, 11) is 5.75. The van der Waals surface area contributed by atoms with Crippen molar-refractivity contribution in [1.82, 2.24) is 19.9 Å². The summed E-state index contributed by atoms with van der Waals surface area (Å²) in [5, 5.41) is 3.39. The summed E-state index contributed by atoms with van der Waals surface area (Å²) in [4.78, 5) is 14.4. The first kappa shape index (κ1) is 14.3. The van der Waals surface area contributed by atoms with Crippen LogP contribution in [0.4, 0.5) is 5.95 Å². The van der Waals surface area contributed by atoms with Crippen molar-refractivity contribution in [3.63, 3.8) is 0 Å². The van der Waals surface area contributed by atoms with Crippen LogP contribution in [-0.4, -0.2) is 53.1 Å². The van der Waals surface area contributed by atoms with Crippen molar-refractivity contribution < 1.29 is 4.74 Å². The van der Waals surface area contributed by atoms with Crippen molar-refractivity contribution in [3.8, 4) is 6.01 Å². The van der Waals surface area contributed by atoms with Crippen molar-refractivity contribution in [1.29, 1.82) is 0 Å². The summed E-state index contributed by atoms with van der Waals surface area (Å²) >= 11 is 5.83. The molecule has 0 radical (unpaired) electrons. The van der Waals surface area contributed by atoms with Gasteiger partial charge in [-0.1, -0.05) is 12.8 Å². The molecule has 1 aromatic rings. The van der Waals surface area contributed by atoms with E-state index in [0.29, 0.717) is 5.95 Å². The Morgan fingerprint density at radius 1 is 1.26 bits per heavy atom. The van der Waals surface area contributed by atoms with Crippen LogP contribution in [0.5, 0.6) is 6.01 Å². The normalized spacial score (nSPS) is 17.7. The highest BCUT2D eigenvalue weighted by atomic mass is 35.5. The Morgan fingerprint density at radius 2 is 1.95 bits per heavy atom. The standard InChI is InChI=1S/C12H20ClN5O/c1-18(2)12(6-4-5-7-12)8-14-10-15-9(13)16-11(17-10)19-3/h4-8H2,1-3H3,(H,14,15,16,17). The molecule has 0 bridgehead atoms. The highest BCUT2D eigenvalue weighted by Crippen LogP contribution is 2.33. The van der Waals surface area contributed by atoms with E-state index in [1.807, 2.05) is 0 Å². The van der Waals surface area contributed by atoms with Gasteiger partial charge in [-0.25, -0.2) is 0 Å². The molecule has 7 heteroatoms. The van der Waals surface area contributed by atoms with Crippen LogP contribution in [0, 0.1) is 0 Å². The Kier molecular flexibility index (Phi) is 4.42. The second-order valence-electron chi connectivity index (χ2n) is 5.09. The van der Waals surface area contributed by atoms with Crippen LogP contribution in [0.2, 0.25) is 5.28 Å². The average molecular weight is 286 g/mol. The minimum absolute atomic E-state index is 0.139. The van der Waals surface area contributed by atoms with Gasteiger partial charge in [-0.15, -0.1) is 0 Å². The fraction of sp³-hybridized carbons (Fsp3) is 0.750. The van der Waals surface area contributed by atoms with Crippen LogP contribution in [0.15, 0.2) is 0 Å². The Labute approximate surface area is 118 Å². The summed E-state index contributed by atoms with van der Waals surface area (Å²) in [6.07, 6.45) is 4.90. The van der Waals surface area contributed by atoms with Gasteiger partial charge in [0.05, 0.1) is 7.11 Å². The second kappa shape index (κ2) is 5.88. The second-order valence-corrected chi connectivity index (χ2v) is 5.43. The molecule has 1 fully saturated rings. The lowest BCUT2D eigenvalue weighted by atomic mass is 9.96. The van der Waals surface area contributed by atoms with E-state index in [9.17, 15) is 0 Å². The third kappa shape index (κ3) is 3.25. The molecular weight excluding hydrogens is 266 g/mol. The van der Waals surface area contributed by atoms with Gasteiger partial charge in [0.1, 0.15) is 0 Å². The Morgan fingerprint density at radius 3 is 2.53 bits per heavy atom. The van der Waals surface area contributed by atoms with E-state index >= 15 is 0 Å². The van der Waals surface area contributed by atoms with E-state index < -0.39 is 0 Å². The predicted molar refractivity (Wildman–Crippen MR) is 74.8 cm³/mol. The zero-order valence-electron chi connectivity index (χ0n) is 11.6. The van der Waals surface area contributed by atoms with Crippen molar-refractivity contribution in [2.75, 3.05) is 33.1 Å². The molecule has 1 heterocycles. The lowest BCUT2D eigenvalue weighted by Crippen LogP contribution is -2.47. The van der Waals surface area contributed by atoms with Gasteiger partial charge in [-0.2, -0.15) is 15.0 Å². The van der Waals surface area contributed by atoms with Crippen LogP contribution in [-0.2, 0) is 0 Å². The van der Waals surface area contributed by atoms with Gasteiger partial charge in [0.15, 0.2) is 0 Å². The maximum absolute atomic E-state index is 5.83. The van der Waals surface area contributed by atoms with Crippen LogP contribution < -0.4 is 10.1 Å². The zero-order chi connectivity index (χ0) is 13.9. The molecule has 1 saturated carbocycles. The first-order valence-corrected chi connectivity index (χ1v) is 6.80. The molecule has 19 heavy (non-hydrogen) atoms. The van der Waals surface area contributed by atoms with Gasteiger partial charge in [-0.3, -0.25) is 0 Å². The molecule has 0 aliphatic heterocycles. The highest BCUT2D eigenvalue weighted by Gasteiger charge is 2.35. The first-order chi connectivity index (χ1) is 9.05. The topological polar surface area (TPSA) is 63.2 Å². The predicted octanol–water partition coefficient (Wildman–Crippen LogP) is 1.82. The van der Waals surface area contributed by atoms with Gasteiger partial charge < -0.3 is 15.0 Å². The first-order valence-electron chi connectivity index (χ1n) is 6.43. The van der Waals surface area contributed by atoms with Gasteiger partial charge in [0.2, 0.25) is 11.2 Å². The fourth-order valence-electron chi connectivity index (χ4n) is 2.56. The number of likely N-dealkylation sites (N-methyl/N-ethyl adjacent to an activating group) is 1. The zero-order valence-corrected chi connectivity index (χ0v) is 12.4. The minimum Gasteiger partial charge on any atom is -0.467 e. The van der Waals surface area contributed by atoms with E-state index in [0.717, 1.165) is 6.54 Å². The molecule has 0 unspecified atom stereocenters. The summed E-state index contributed by atoms with van der Waals surface area (Å²) < 4.78 is 4.98. The Bertz CT molecular complexity index is 434. The largest absolute Gasteiger partial charge is 0.467 e. The van der Waals surface area contributed by atoms with E-state index in [-0.39, 0.29) is 16.8 Å². The summed E-state index contributed by atoms with van der Waals surface area (Å²) in [6.45, 7) is 0.795. The maximum atomic E-state index is 5.83. The molecular formula is C12H20ClN5O. The van der Waals surface area contributed by atoms with E-state index in [2.05, 4.69) is 39.3 Å². The third-order valence-electron chi connectivity index (χ3n) is 3.83. The number of anilines is 1. The number of methoxy groups -OCH3 is 1. The maximum Gasteiger partial charge on any atom is 0.322 e. The number of rotatable bonds is 5. The number of ether oxygens (including phenoxy) is 1. The molecule has 6 nitrogen and oxygen atoms in total. The van der Waals surface area contributed by atoms with Gasteiger partial charge in [-0.05, 0) is 38.5 Å². The number of aromatic nitrogens is 3. The van der Waals surface area contributed by atoms with Crippen LogP contribution in [0.1, 0.15) is 25.7 Å². The molecule has 0 amide bonds. The van der Waals surface area contributed by atoms with Crippen molar-refractivity contribution in [2.45, 2.75) is 31.2 Å². The molecule has 1 aliphatic rings. The monoisotopic (exact) mass is 285 g/mol. The molecule has 2 rings (SSSR count). The molecule has 1 N–H and O–H groups in total. The quantitative estimate of drug-likeness (QED) is 0.890. The lowest BCUT2D eigenvalue weighted by Gasteiger charge is -2.36. The van der Waals surface area contributed by atoms with Crippen molar-refractivity contribution >= 4 is 17.5 Å². The molecule has 0 atom stereocenters.